The van der Waals surface area contributed by atoms with Crippen LogP contribution < -0.4 is 0 Å². The van der Waals surface area contributed by atoms with E-state index in [2.05, 4.69) is 8.37 Å². The highest BCUT2D eigenvalue weighted by Gasteiger charge is 2.18. The van der Waals surface area contributed by atoms with Crippen LogP contribution in [0.25, 0.3) is 0 Å². The highest BCUT2D eigenvalue weighted by atomic mass is 35.5. The first kappa shape index (κ1) is 17.7. The minimum atomic E-state index is -4.17. The van der Waals surface area contributed by atoms with Crippen LogP contribution in [0.3, 0.4) is 0 Å². The van der Waals surface area contributed by atoms with Gasteiger partial charge in [-0.05, 0) is 23.2 Å². The standard InChI is InChI=1S/C6H8Cl2O8S2/c7-5(9)3-17(11,12)15-1-2-16-18(13,14)4-6(8)10/h1-4H2. The van der Waals surface area contributed by atoms with Crippen LogP contribution in [0, 0.1) is 0 Å². The molecule has 0 heterocycles. The van der Waals surface area contributed by atoms with Crippen molar-refractivity contribution in [1.82, 2.24) is 0 Å². The highest BCUT2D eigenvalue weighted by Crippen LogP contribution is 1.99. The van der Waals surface area contributed by atoms with Gasteiger partial charge in [-0.2, -0.15) is 16.8 Å². The van der Waals surface area contributed by atoms with E-state index in [1.807, 2.05) is 0 Å². The molecule has 0 amide bonds. The molecule has 0 radical (unpaired) electrons. The van der Waals surface area contributed by atoms with Crippen molar-refractivity contribution >= 4 is 53.9 Å². The zero-order valence-electron chi connectivity index (χ0n) is 8.67. The Morgan fingerprint density at radius 1 is 0.778 bits per heavy atom. The lowest BCUT2D eigenvalue weighted by atomic mass is 10.8. The molecule has 0 rings (SSSR count). The van der Waals surface area contributed by atoms with Gasteiger partial charge in [0.05, 0.1) is 13.2 Å². The summed E-state index contributed by atoms with van der Waals surface area (Å²) in [4.78, 5) is 20.6. The van der Waals surface area contributed by atoms with E-state index < -0.39 is 55.4 Å². The van der Waals surface area contributed by atoms with Crippen molar-refractivity contribution in [1.29, 1.82) is 0 Å². The van der Waals surface area contributed by atoms with Gasteiger partial charge in [0, 0.05) is 0 Å². The molecule has 0 unspecified atom stereocenters. The fraction of sp³-hybridized carbons (Fsp3) is 0.667. The summed E-state index contributed by atoms with van der Waals surface area (Å²) in [7, 11) is -8.34. The molecule has 18 heavy (non-hydrogen) atoms. The fourth-order valence-electron chi connectivity index (χ4n) is 0.683. The molecule has 0 aromatic heterocycles. The van der Waals surface area contributed by atoms with Crippen LogP contribution in [-0.2, 0) is 38.2 Å². The first-order valence-electron chi connectivity index (χ1n) is 4.15. The van der Waals surface area contributed by atoms with E-state index in [4.69, 9.17) is 23.2 Å². The Balaban J connectivity index is 4.08. The van der Waals surface area contributed by atoms with Crippen LogP contribution in [0.5, 0.6) is 0 Å². The number of halogens is 2. The predicted molar refractivity (Wildman–Crippen MR) is 61.2 cm³/mol. The zero-order valence-corrected chi connectivity index (χ0v) is 11.8. The summed E-state index contributed by atoms with van der Waals surface area (Å²) in [6.45, 7) is -1.30. The molecule has 12 heteroatoms. The van der Waals surface area contributed by atoms with Gasteiger partial charge in [-0.3, -0.25) is 18.0 Å². The minimum Gasteiger partial charge on any atom is -0.280 e. The van der Waals surface area contributed by atoms with Crippen molar-refractivity contribution in [3.05, 3.63) is 0 Å². The third-order valence-electron chi connectivity index (χ3n) is 1.19. The second kappa shape index (κ2) is 7.36. The van der Waals surface area contributed by atoms with Crippen molar-refractivity contribution in [2.45, 2.75) is 0 Å². The molecule has 106 valence electrons. The van der Waals surface area contributed by atoms with E-state index in [0.29, 0.717) is 0 Å². The molecule has 0 aromatic carbocycles. The number of carbonyl (C=O) groups is 2. The second-order valence-corrected chi connectivity index (χ2v) is 6.88. The fourth-order valence-corrected chi connectivity index (χ4v) is 2.85. The van der Waals surface area contributed by atoms with Crippen molar-refractivity contribution in [2.24, 2.45) is 0 Å². The Labute approximate surface area is 113 Å². The maximum atomic E-state index is 10.9. The topological polar surface area (TPSA) is 121 Å². The van der Waals surface area contributed by atoms with E-state index in [0.717, 1.165) is 0 Å². The molecule has 0 fully saturated rings. The van der Waals surface area contributed by atoms with E-state index in [9.17, 15) is 26.4 Å². The average Bonchev–Trinajstić information content (AvgIpc) is 2.08. The van der Waals surface area contributed by atoms with Gasteiger partial charge in [0.2, 0.25) is 10.5 Å². The maximum Gasteiger partial charge on any atom is 0.275 e. The predicted octanol–water partition coefficient (Wildman–Crippen LogP) is -0.790. The summed E-state index contributed by atoms with van der Waals surface area (Å²) >= 11 is 9.66. The zero-order chi connectivity index (χ0) is 14.4. The molecular weight excluding hydrogens is 335 g/mol. The second-order valence-electron chi connectivity index (χ2n) is 2.76. The molecule has 0 spiro atoms. The molecule has 0 aliphatic rings. The van der Waals surface area contributed by atoms with E-state index >= 15 is 0 Å². The highest BCUT2D eigenvalue weighted by molar-refractivity contribution is 7.88. The summed E-state index contributed by atoms with van der Waals surface area (Å²) in [5, 5.41) is -2.28. The lowest BCUT2D eigenvalue weighted by Gasteiger charge is -2.04. The molecule has 0 saturated heterocycles. The van der Waals surface area contributed by atoms with Crippen molar-refractivity contribution in [2.75, 3.05) is 24.7 Å². The van der Waals surface area contributed by atoms with Crippen LogP contribution in [0.15, 0.2) is 0 Å². The number of rotatable bonds is 9. The Hall–Kier alpha value is -0.260. The number of hydrogen-bond acceptors (Lipinski definition) is 8. The summed E-state index contributed by atoms with van der Waals surface area (Å²) in [6.07, 6.45) is 0. The number of carbonyl (C=O) groups excluding carboxylic acids is 2. The molecular formula is C6H8Cl2O8S2. The van der Waals surface area contributed by atoms with E-state index in [1.54, 1.807) is 0 Å². The third kappa shape index (κ3) is 9.74. The van der Waals surface area contributed by atoms with Gasteiger partial charge in [-0.15, -0.1) is 0 Å². The van der Waals surface area contributed by atoms with Gasteiger partial charge in [-0.1, -0.05) is 0 Å². The van der Waals surface area contributed by atoms with Crippen LogP contribution in [0.1, 0.15) is 0 Å². The molecule has 0 aromatic rings. The Morgan fingerprint density at radius 2 is 1.06 bits per heavy atom. The average molecular weight is 343 g/mol. The summed E-state index contributed by atoms with van der Waals surface area (Å²) < 4.78 is 52.1. The molecule has 0 bridgehead atoms. The SMILES string of the molecule is O=C(Cl)CS(=O)(=O)OCCOS(=O)(=O)CC(=O)Cl. The van der Waals surface area contributed by atoms with E-state index in [1.165, 1.54) is 0 Å². The lowest BCUT2D eigenvalue weighted by molar-refractivity contribution is -0.110. The van der Waals surface area contributed by atoms with Gasteiger partial charge in [0.25, 0.3) is 20.2 Å². The van der Waals surface area contributed by atoms with Gasteiger partial charge in [0.1, 0.15) is 11.5 Å². The Kier molecular flexibility index (Phi) is 7.25. The maximum absolute atomic E-state index is 10.9. The largest absolute Gasteiger partial charge is 0.280 e. The van der Waals surface area contributed by atoms with Crippen LogP contribution in [-0.4, -0.2) is 52.0 Å². The van der Waals surface area contributed by atoms with Gasteiger partial charge < -0.3 is 0 Å². The Morgan fingerprint density at radius 3 is 1.28 bits per heavy atom. The van der Waals surface area contributed by atoms with Crippen molar-refractivity contribution in [3.8, 4) is 0 Å². The molecule has 0 aliphatic heterocycles. The smallest absolute Gasteiger partial charge is 0.275 e. The van der Waals surface area contributed by atoms with E-state index in [-0.39, 0.29) is 0 Å². The lowest BCUT2D eigenvalue weighted by Crippen LogP contribution is -2.21. The molecule has 0 N–H and O–H groups in total. The monoisotopic (exact) mass is 342 g/mol. The van der Waals surface area contributed by atoms with Crippen LogP contribution in [0.2, 0.25) is 0 Å². The van der Waals surface area contributed by atoms with Crippen LogP contribution >= 0.6 is 23.2 Å². The molecule has 0 atom stereocenters. The van der Waals surface area contributed by atoms with Crippen molar-refractivity contribution in [3.63, 3.8) is 0 Å². The molecule has 0 aliphatic carbocycles. The first-order chi connectivity index (χ1) is 8.04. The Bertz CT molecular complexity index is 460. The first-order valence-corrected chi connectivity index (χ1v) is 8.06. The minimum absolute atomic E-state index is 0.651. The summed E-state index contributed by atoms with van der Waals surface area (Å²) in [6, 6.07) is 0. The van der Waals surface area contributed by atoms with Crippen molar-refractivity contribution < 1.29 is 34.8 Å². The summed E-state index contributed by atoms with van der Waals surface area (Å²) in [5.41, 5.74) is 0. The summed E-state index contributed by atoms with van der Waals surface area (Å²) in [5.74, 6) is -2.08. The van der Waals surface area contributed by atoms with Gasteiger partial charge >= 0.3 is 0 Å². The quantitative estimate of drug-likeness (QED) is 0.303. The van der Waals surface area contributed by atoms with Gasteiger partial charge in [0.15, 0.2) is 0 Å². The third-order valence-corrected chi connectivity index (χ3v) is 4.06. The molecule has 0 saturated carbocycles. The molecule has 8 nitrogen and oxygen atoms in total. The number of hydrogen-bond donors (Lipinski definition) is 0. The van der Waals surface area contributed by atoms with Crippen LogP contribution in [0.4, 0.5) is 0 Å². The van der Waals surface area contributed by atoms with Gasteiger partial charge in [-0.25, -0.2) is 0 Å². The normalized spacial score (nSPS) is 12.3.